The van der Waals surface area contributed by atoms with Gasteiger partial charge in [-0.2, -0.15) is 9.97 Å². The monoisotopic (exact) mass is 351 g/mol. The van der Waals surface area contributed by atoms with E-state index in [1.54, 1.807) is 7.11 Å². The molecule has 2 N–H and O–H groups in total. The summed E-state index contributed by atoms with van der Waals surface area (Å²) in [6.45, 7) is 3.07. The molecular weight excluding hydrogens is 330 g/mol. The number of hydrogen-bond donors (Lipinski definition) is 1. The molecule has 1 aliphatic heterocycles. The van der Waals surface area contributed by atoms with E-state index in [1.165, 1.54) is 0 Å². The molecule has 0 unspecified atom stereocenters. The first-order chi connectivity index (χ1) is 12.7. The van der Waals surface area contributed by atoms with E-state index in [-0.39, 0.29) is 6.01 Å². The summed E-state index contributed by atoms with van der Waals surface area (Å²) in [5.74, 6) is 2.07. The van der Waals surface area contributed by atoms with Crippen molar-refractivity contribution in [1.29, 1.82) is 0 Å². The topological polar surface area (TPSA) is 88.1 Å². The molecule has 0 aliphatic carbocycles. The van der Waals surface area contributed by atoms with Gasteiger partial charge < -0.3 is 19.8 Å². The van der Waals surface area contributed by atoms with Crippen LogP contribution < -0.4 is 15.2 Å². The van der Waals surface area contributed by atoms with Crippen LogP contribution in [-0.4, -0.2) is 33.2 Å². The van der Waals surface area contributed by atoms with Gasteiger partial charge >= 0.3 is 6.01 Å². The van der Waals surface area contributed by atoms with Crippen molar-refractivity contribution in [3.63, 3.8) is 0 Å². The lowest BCUT2D eigenvalue weighted by molar-refractivity contribution is 0.300. The predicted molar refractivity (Wildman–Crippen MR) is 99.5 cm³/mol. The molecule has 3 aromatic rings. The molecule has 26 heavy (non-hydrogen) atoms. The van der Waals surface area contributed by atoms with Gasteiger partial charge in [-0.25, -0.2) is 4.98 Å². The second-order valence-corrected chi connectivity index (χ2v) is 6.27. The van der Waals surface area contributed by atoms with Crippen molar-refractivity contribution in [3.05, 3.63) is 47.3 Å². The maximum Gasteiger partial charge on any atom is 0.320 e. The number of aromatic nitrogens is 4. The van der Waals surface area contributed by atoms with Gasteiger partial charge in [-0.3, -0.25) is 0 Å². The van der Waals surface area contributed by atoms with Gasteiger partial charge in [0, 0.05) is 0 Å². The van der Waals surface area contributed by atoms with Crippen LogP contribution in [0.4, 0.5) is 5.82 Å². The molecule has 0 radical (unpaired) electrons. The summed E-state index contributed by atoms with van der Waals surface area (Å²) in [5.41, 5.74) is 9.67. The van der Waals surface area contributed by atoms with Crippen molar-refractivity contribution in [2.24, 2.45) is 0 Å². The number of aryl methyl sites for hydroxylation is 1. The number of methoxy groups -OCH3 is 1. The molecule has 0 spiro atoms. The SMILES string of the molecule is COc1ccc2cc1C/C=C\CCOc1nc(N)c3nc(C)n(c3n1)C2. The Labute approximate surface area is 151 Å². The number of allylic oxidation sites excluding steroid dienone is 1. The van der Waals surface area contributed by atoms with Gasteiger partial charge in [0.1, 0.15) is 11.6 Å². The smallest absolute Gasteiger partial charge is 0.320 e. The van der Waals surface area contributed by atoms with Crippen LogP contribution in [-0.2, 0) is 13.0 Å². The summed E-state index contributed by atoms with van der Waals surface area (Å²) >= 11 is 0. The van der Waals surface area contributed by atoms with Gasteiger partial charge in [0.05, 0.1) is 20.3 Å². The maximum atomic E-state index is 6.07. The fourth-order valence-corrected chi connectivity index (χ4v) is 3.18. The molecule has 4 rings (SSSR count). The van der Waals surface area contributed by atoms with Crippen molar-refractivity contribution in [2.45, 2.75) is 26.3 Å². The van der Waals surface area contributed by atoms with Crippen LogP contribution in [0.15, 0.2) is 30.4 Å². The van der Waals surface area contributed by atoms with Crippen LogP contribution in [0.1, 0.15) is 23.4 Å². The Kier molecular flexibility index (Phi) is 4.20. The van der Waals surface area contributed by atoms with E-state index in [9.17, 15) is 0 Å². The van der Waals surface area contributed by atoms with E-state index in [2.05, 4.69) is 39.2 Å². The van der Waals surface area contributed by atoms with Gasteiger partial charge in [-0.15, -0.1) is 0 Å². The molecule has 2 aromatic heterocycles. The number of rotatable bonds is 1. The van der Waals surface area contributed by atoms with E-state index in [0.29, 0.717) is 30.1 Å². The lowest BCUT2D eigenvalue weighted by Gasteiger charge is -2.12. The number of nitrogens with zero attached hydrogens (tertiary/aromatic N) is 4. The summed E-state index contributed by atoms with van der Waals surface area (Å²) in [6.07, 6.45) is 5.79. The summed E-state index contributed by atoms with van der Waals surface area (Å²) in [5, 5.41) is 0. The van der Waals surface area contributed by atoms with Crippen LogP contribution >= 0.6 is 0 Å². The van der Waals surface area contributed by atoms with E-state index in [0.717, 1.165) is 35.5 Å². The third-order valence-corrected chi connectivity index (χ3v) is 4.50. The Morgan fingerprint density at radius 1 is 1.19 bits per heavy atom. The fraction of sp³-hybridized carbons (Fsp3) is 0.316. The zero-order valence-electron chi connectivity index (χ0n) is 14.9. The number of nitrogen functional groups attached to an aromatic ring is 1. The molecule has 4 bridgehead atoms. The van der Waals surface area contributed by atoms with Gasteiger partial charge in [0.2, 0.25) is 0 Å². The quantitative estimate of drug-likeness (QED) is 0.678. The zero-order chi connectivity index (χ0) is 18.1. The highest BCUT2D eigenvalue weighted by molar-refractivity contribution is 5.82. The van der Waals surface area contributed by atoms with Crippen LogP contribution in [0.25, 0.3) is 11.2 Å². The highest BCUT2D eigenvalue weighted by atomic mass is 16.5. The van der Waals surface area contributed by atoms with Gasteiger partial charge in [-0.05, 0) is 37.0 Å². The summed E-state index contributed by atoms with van der Waals surface area (Å²) in [4.78, 5) is 13.3. The van der Waals surface area contributed by atoms with Crippen LogP contribution in [0.5, 0.6) is 11.8 Å². The van der Waals surface area contributed by atoms with Crippen molar-refractivity contribution < 1.29 is 9.47 Å². The molecule has 0 saturated carbocycles. The summed E-state index contributed by atoms with van der Waals surface area (Å²) in [7, 11) is 1.70. The average molecular weight is 351 g/mol. The highest BCUT2D eigenvalue weighted by Crippen LogP contribution is 2.25. The first-order valence-electron chi connectivity index (χ1n) is 8.59. The molecule has 7 nitrogen and oxygen atoms in total. The van der Waals surface area contributed by atoms with Crippen LogP contribution in [0, 0.1) is 6.92 Å². The van der Waals surface area contributed by atoms with E-state index in [1.807, 2.05) is 17.6 Å². The predicted octanol–water partition coefficient (Wildman–Crippen LogP) is 2.66. The minimum atomic E-state index is 0.289. The van der Waals surface area contributed by atoms with Crippen molar-refractivity contribution in [3.8, 4) is 11.8 Å². The largest absolute Gasteiger partial charge is 0.496 e. The van der Waals surface area contributed by atoms with Crippen molar-refractivity contribution in [2.75, 3.05) is 19.5 Å². The number of ether oxygens (including phenoxy) is 2. The normalized spacial score (nSPS) is 15.5. The first-order valence-corrected chi connectivity index (χ1v) is 8.59. The average Bonchev–Trinajstić information content (AvgIpc) is 2.94. The Hall–Kier alpha value is -3.09. The molecular formula is C19H21N5O2. The van der Waals surface area contributed by atoms with Crippen LogP contribution in [0.2, 0.25) is 0 Å². The maximum absolute atomic E-state index is 6.07. The van der Waals surface area contributed by atoms with E-state index < -0.39 is 0 Å². The molecule has 0 amide bonds. The lowest BCUT2D eigenvalue weighted by Crippen LogP contribution is -2.07. The molecule has 3 heterocycles. The van der Waals surface area contributed by atoms with Crippen LogP contribution in [0.3, 0.4) is 0 Å². The van der Waals surface area contributed by atoms with Gasteiger partial charge in [-0.1, -0.05) is 24.3 Å². The summed E-state index contributed by atoms with van der Waals surface area (Å²) in [6, 6.07) is 6.53. The first kappa shape index (κ1) is 16.4. The Morgan fingerprint density at radius 2 is 2.08 bits per heavy atom. The Balaban J connectivity index is 1.87. The molecule has 0 saturated heterocycles. The number of fused-ring (bicyclic) bond motifs is 3. The molecule has 0 atom stereocenters. The number of anilines is 1. The number of imidazole rings is 1. The van der Waals surface area contributed by atoms with Gasteiger partial charge in [0.15, 0.2) is 17.0 Å². The fourth-order valence-electron chi connectivity index (χ4n) is 3.18. The number of benzene rings is 1. The summed E-state index contributed by atoms with van der Waals surface area (Å²) < 4.78 is 13.2. The molecule has 134 valence electrons. The lowest BCUT2D eigenvalue weighted by atomic mass is 10.1. The minimum absolute atomic E-state index is 0.289. The Bertz CT molecular complexity index is 993. The Morgan fingerprint density at radius 3 is 2.92 bits per heavy atom. The molecule has 7 heteroatoms. The number of hydrogen-bond acceptors (Lipinski definition) is 6. The van der Waals surface area contributed by atoms with Gasteiger partial charge in [0.25, 0.3) is 0 Å². The minimum Gasteiger partial charge on any atom is -0.496 e. The molecule has 1 aliphatic rings. The third kappa shape index (κ3) is 2.96. The third-order valence-electron chi connectivity index (χ3n) is 4.50. The standard InChI is InChI=1S/C19H21N5O2/c1-12-21-16-17(20)22-19-23-18(16)24(12)11-13-7-8-15(25-2)14(10-13)6-4-3-5-9-26-19/h3-4,7-8,10H,5-6,9,11H2,1-2H3,(H2,20,22,23)/b4-3-. The molecule has 0 fully saturated rings. The second kappa shape index (κ2) is 6.67. The van der Waals surface area contributed by atoms with Crippen molar-refractivity contribution in [1.82, 2.24) is 19.5 Å². The van der Waals surface area contributed by atoms with Crippen molar-refractivity contribution >= 4 is 17.0 Å². The molecule has 1 aromatic carbocycles. The second-order valence-electron chi connectivity index (χ2n) is 6.27. The number of nitrogens with two attached hydrogens (primary N) is 1. The van der Waals surface area contributed by atoms with E-state index in [4.69, 9.17) is 15.2 Å². The van der Waals surface area contributed by atoms with E-state index >= 15 is 0 Å². The highest BCUT2D eigenvalue weighted by Gasteiger charge is 2.16. The zero-order valence-corrected chi connectivity index (χ0v) is 14.9.